The molecule has 0 aliphatic carbocycles. The molecule has 1 saturated heterocycles. The molecule has 1 N–H and O–H groups in total. The Labute approximate surface area is 112 Å². The quantitative estimate of drug-likeness (QED) is 0.847. The van der Waals surface area contributed by atoms with Crippen molar-refractivity contribution in [1.29, 1.82) is 0 Å². The van der Waals surface area contributed by atoms with Gasteiger partial charge in [-0.25, -0.2) is 4.79 Å². The molecule has 1 aliphatic rings. The molecule has 0 aromatic heterocycles. The van der Waals surface area contributed by atoms with Crippen LogP contribution in [0.4, 0.5) is 0 Å². The number of benzene rings is 1. The van der Waals surface area contributed by atoms with Crippen molar-refractivity contribution in [3.8, 4) is 0 Å². The molecule has 1 unspecified atom stereocenters. The first-order valence-electron chi connectivity index (χ1n) is 6.36. The fourth-order valence-corrected chi connectivity index (χ4v) is 2.55. The number of hydrogen-bond donors (Lipinski definition) is 1. The van der Waals surface area contributed by atoms with Crippen LogP contribution in [0.25, 0.3) is 0 Å². The number of likely N-dealkylation sites (tertiary alicyclic amines) is 1. The molecule has 1 aliphatic heterocycles. The van der Waals surface area contributed by atoms with Gasteiger partial charge in [-0.1, -0.05) is 24.3 Å². The van der Waals surface area contributed by atoms with Crippen LogP contribution in [0.2, 0.25) is 0 Å². The number of rotatable bonds is 3. The molecule has 1 amide bonds. The van der Waals surface area contributed by atoms with Crippen LogP contribution < -0.4 is 0 Å². The smallest absolute Gasteiger partial charge is 0.328 e. The van der Waals surface area contributed by atoms with Crippen LogP contribution in [0.1, 0.15) is 30.0 Å². The molecule has 100 valence electrons. The van der Waals surface area contributed by atoms with Gasteiger partial charge in [-0.2, -0.15) is 0 Å². The van der Waals surface area contributed by atoms with Crippen LogP contribution in [-0.2, 0) is 9.59 Å². The maximum atomic E-state index is 12.0. The van der Waals surface area contributed by atoms with Gasteiger partial charge in [0.15, 0.2) is 0 Å². The second kappa shape index (κ2) is 5.69. The Hall–Kier alpha value is -2.10. The van der Waals surface area contributed by atoms with Crippen LogP contribution in [0, 0.1) is 6.92 Å². The highest BCUT2D eigenvalue weighted by Crippen LogP contribution is 2.33. The third kappa shape index (κ3) is 3.02. The first-order valence-corrected chi connectivity index (χ1v) is 6.36. The van der Waals surface area contributed by atoms with Crippen molar-refractivity contribution in [2.45, 2.75) is 25.8 Å². The van der Waals surface area contributed by atoms with Gasteiger partial charge in [-0.15, -0.1) is 0 Å². The molecule has 2 rings (SSSR count). The van der Waals surface area contributed by atoms with Gasteiger partial charge in [0.05, 0.1) is 6.04 Å². The van der Waals surface area contributed by atoms with Gasteiger partial charge < -0.3 is 10.0 Å². The van der Waals surface area contributed by atoms with Crippen LogP contribution in [-0.4, -0.2) is 28.4 Å². The summed E-state index contributed by atoms with van der Waals surface area (Å²) >= 11 is 0. The van der Waals surface area contributed by atoms with E-state index < -0.39 is 5.97 Å². The first kappa shape index (κ1) is 13.3. The molecule has 1 heterocycles. The topological polar surface area (TPSA) is 57.6 Å². The number of amides is 1. The summed E-state index contributed by atoms with van der Waals surface area (Å²) in [5.41, 5.74) is 2.31. The molecule has 0 saturated carbocycles. The van der Waals surface area contributed by atoms with E-state index in [2.05, 4.69) is 0 Å². The zero-order valence-electron chi connectivity index (χ0n) is 10.9. The average molecular weight is 259 g/mol. The molecular weight excluding hydrogens is 242 g/mol. The van der Waals surface area contributed by atoms with Gasteiger partial charge in [0, 0.05) is 18.7 Å². The first-order chi connectivity index (χ1) is 9.09. The highest BCUT2D eigenvalue weighted by Gasteiger charge is 2.29. The maximum Gasteiger partial charge on any atom is 0.328 e. The van der Waals surface area contributed by atoms with Gasteiger partial charge in [0.1, 0.15) is 0 Å². The molecular formula is C15H17NO3. The summed E-state index contributed by atoms with van der Waals surface area (Å²) in [6.07, 6.45) is 3.91. The van der Waals surface area contributed by atoms with Gasteiger partial charge >= 0.3 is 5.97 Å². The van der Waals surface area contributed by atoms with Crippen molar-refractivity contribution >= 4 is 11.9 Å². The number of aliphatic carboxylic acids is 1. The summed E-state index contributed by atoms with van der Waals surface area (Å²) in [5, 5.41) is 8.57. The minimum absolute atomic E-state index is 0.0622. The Morgan fingerprint density at radius 2 is 2.05 bits per heavy atom. The highest BCUT2D eigenvalue weighted by atomic mass is 16.4. The van der Waals surface area contributed by atoms with Crippen LogP contribution in [0.5, 0.6) is 0 Å². The second-order valence-electron chi connectivity index (χ2n) is 4.72. The average Bonchev–Trinajstić information content (AvgIpc) is 2.85. The Morgan fingerprint density at radius 1 is 1.32 bits per heavy atom. The molecule has 4 nitrogen and oxygen atoms in total. The lowest BCUT2D eigenvalue weighted by atomic mass is 9.99. The molecule has 1 atom stereocenters. The van der Waals surface area contributed by atoms with Gasteiger partial charge in [0.2, 0.25) is 5.91 Å². The van der Waals surface area contributed by atoms with E-state index in [1.54, 1.807) is 4.90 Å². The van der Waals surface area contributed by atoms with E-state index >= 15 is 0 Å². The predicted molar refractivity (Wildman–Crippen MR) is 71.6 cm³/mol. The summed E-state index contributed by atoms with van der Waals surface area (Å²) in [7, 11) is 0. The van der Waals surface area contributed by atoms with Crippen LogP contribution in [0.15, 0.2) is 36.4 Å². The van der Waals surface area contributed by atoms with E-state index in [1.807, 2.05) is 31.2 Å². The summed E-state index contributed by atoms with van der Waals surface area (Å²) in [4.78, 5) is 24.2. The Balaban J connectivity index is 2.20. The summed E-state index contributed by atoms with van der Waals surface area (Å²) in [5.74, 6) is -1.33. The summed E-state index contributed by atoms with van der Waals surface area (Å²) < 4.78 is 0. The van der Waals surface area contributed by atoms with Crippen LogP contribution in [0.3, 0.4) is 0 Å². The Bertz CT molecular complexity index is 522. The zero-order chi connectivity index (χ0) is 13.8. The van der Waals surface area contributed by atoms with E-state index in [0.29, 0.717) is 6.54 Å². The van der Waals surface area contributed by atoms with E-state index in [-0.39, 0.29) is 11.9 Å². The Morgan fingerprint density at radius 3 is 2.74 bits per heavy atom. The number of aryl methyl sites for hydroxylation is 1. The van der Waals surface area contributed by atoms with E-state index in [0.717, 1.165) is 36.1 Å². The van der Waals surface area contributed by atoms with Crippen molar-refractivity contribution in [2.24, 2.45) is 0 Å². The number of hydrogen-bond acceptors (Lipinski definition) is 2. The van der Waals surface area contributed by atoms with Gasteiger partial charge in [0.25, 0.3) is 0 Å². The predicted octanol–water partition coefficient (Wildman–Crippen LogP) is 2.30. The normalized spacial score (nSPS) is 19.0. The minimum Gasteiger partial charge on any atom is -0.478 e. The molecule has 1 aromatic rings. The largest absolute Gasteiger partial charge is 0.478 e. The molecule has 0 bridgehead atoms. The second-order valence-corrected chi connectivity index (χ2v) is 4.72. The fourth-order valence-electron chi connectivity index (χ4n) is 2.55. The molecule has 1 aromatic carbocycles. The number of carbonyl (C=O) groups excluding carboxylic acids is 1. The lowest BCUT2D eigenvalue weighted by Crippen LogP contribution is -2.29. The molecule has 0 radical (unpaired) electrons. The number of nitrogens with zero attached hydrogens (tertiary/aromatic N) is 1. The van der Waals surface area contributed by atoms with Crippen molar-refractivity contribution < 1.29 is 14.7 Å². The third-order valence-electron chi connectivity index (χ3n) is 3.45. The number of carboxylic acids is 1. The monoisotopic (exact) mass is 259 g/mol. The number of carboxylic acid groups (broad SMARTS) is 1. The molecule has 1 fully saturated rings. The van der Waals surface area contributed by atoms with E-state index in [9.17, 15) is 9.59 Å². The lowest BCUT2D eigenvalue weighted by molar-refractivity contribution is -0.132. The lowest BCUT2D eigenvalue weighted by Gasteiger charge is -2.25. The highest BCUT2D eigenvalue weighted by molar-refractivity contribution is 5.94. The summed E-state index contributed by atoms with van der Waals surface area (Å²) in [6, 6.07) is 8.07. The van der Waals surface area contributed by atoms with Crippen molar-refractivity contribution in [1.82, 2.24) is 4.90 Å². The maximum absolute atomic E-state index is 12.0. The van der Waals surface area contributed by atoms with E-state index in [4.69, 9.17) is 5.11 Å². The standard InChI is InChI=1S/C15H17NO3/c1-11-5-2-3-6-12(11)13-7-4-10-16(13)14(17)8-9-15(18)19/h2-3,5-6,8-9,13H,4,7,10H2,1H3,(H,18,19)/b9-8+. The van der Waals surface area contributed by atoms with E-state index in [1.165, 1.54) is 0 Å². The van der Waals surface area contributed by atoms with Crippen LogP contribution >= 0.6 is 0 Å². The third-order valence-corrected chi connectivity index (χ3v) is 3.45. The Kier molecular flexibility index (Phi) is 4.00. The van der Waals surface area contributed by atoms with Crippen molar-refractivity contribution in [3.05, 3.63) is 47.5 Å². The van der Waals surface area contributed by atoms with Crippen molar-refractivity contribution in [3.63, 3.8) is 0 Å². The van der Waals surface area contributed by atoms with Gasteiger partial charge in [-0.05, 0) is 30.9 Å². The summed E-state index contributed by atoms with van der Waals surface area (Å²) in [6.45, 7) is 2.71. The molecule has 0 spiro atoms. The molecule has 4 heteroatoms. The van der Waals surface area contributed by atoms with Gasteiger partial charge in [-0.3, -0.25) is 4.79 Å². The number of carbonyl (C=O) groups is 2. The SMILES string of the molecule is Cc1ccccc1C1CCCN1C(=O)/C=C/C(=O)O. The zero-order valence-corrected chi connectivity index (χ0v) is 10.9. The fraction of sp³-hybridized carbons (Fsp3) is 0.333. The van der Waals surface area contributed by atoms with Crippen molar-refractivity contribution in [2.75, 3.05) is 6.54 Å². The molecule has 19 heavy (non-hydrogen) atoms. The minimum atomic E-state index is -1.10.